The first-order valence-corrected chi connectivity index (χ1v) is 9.35. The molecule has 2 rings (SSSR count). The summed E-state index contributed by atoms with van der Waals surface area (Å²) in [6.45, 7) is 5.63. The van der Waals surface area contributed by atoms with E-state index in [1.165, 1.54) is 17.6 Å². The molecule has 1 aliphatic heterocycles. The molecule has 0 spiro atoms. The predicted molar refractivity (Wildman–Crippen MR) is 103 cm³/mol. The van der Waals surface area contributed by atoms with Crippen molar-refractivity contribution in [2.75, 3.05) is 26.3 Å². The van der Waals surface area contributed by atoms with Crippen LogP contribution in [0.2, 0.25) is 0 Å². The van der Waals surface area contributed by atoms with Gasteiger partial charge >= 0.3 is 0 Å². The van der Waals surface area contributed by atoms with Crippen molar-refractivity contribution in [2.24, 2.45) is 0 Å². The smallest absolute Gasteiger partial charge is 0.269 e. The standard InChI is InChI=1S/C20H25F2N3O5/c1-13(25-9-11-30-12-10-25)3-4-14-5-7-15(8-6-14)17(26)23-16(18(27)24-29)20(2,28)19(21)22/h5-8,13,16,19,28-29H,9-12H2,1-2H3,(H,23,26)(H,24,27). The molecule has 0 aliphatic carbocycles. The first-order chi connectivity index (χ1) is 14.2. The highest BCUT2D eigenvalue weighted by Crippen LogP contribution is 2.20. The first-order valence-electron chi connectivity index (χ1n) is 9.35. The highest BCUT2D eigenvalue weighted by Gasteiger charge is 2.46. The van der Waals surface area contributed by atoms with E-state index < -0.39 is 29.9 Å². The fraction of sp³-hybridized carbons (Fsp3) is 0.500. The Hall–Kier alpha value is -2.58. The summed E-state index contributed by atoms with van der Waals surface area (Å²) in [5, 5.41) is 20.6. The van der Waals surface area contributed by atoms with Crippen LogP contribution in [-0.2, 0) is 9.53 Å². The molecule has 164 valence electrons. The van der Waals surface area contributed by atoms with Gasteiger partial charge in [0.05, 0.1) is 19.3 Å². The zero-order chi connectivity index (χ0) is 22.3. The lowest BCUT2D eigenvalue weighted by Gasteiger charge is -2.30. The fourth-order valence-corrected chi connectivity index (χ4v) is 2.83. The van der Waals surface area contributed by atoms with E-state index in [1.807, 2.05) is 12.2 Å². The number of hydroxylamine groups is 1. The summed E-state index contributed by atoms with van der Waals surface area (Å²) >= 11 is 0. The van der Waals surface area contributed by atoms with E-state index in [4.69, 9.17) is 9.94 Å². The van der Waals surface area contributed by atoms with Crippen molar-refractivity contribution in [1.82, 2.24) is 15.7 Å². The molecule has 0 bridgehead atoms. The number of alkyl halides is 2. The monoisotopic (exact) mass is 425 g/mol. The number of rotatable bonds is 6. The predicted octanol–water partition coefficient (Wildman–Crippen LogP) is 0.379. The maximum absolute atomic E-state index is 13.1. The van der Waals surface area contributed by atoms with Gasteiger partial charge in [0.1, 0.15) is 6.04 Å². The molecule has 2 amide bonds. The second-order valence-electron chi connectivity index (χ2n) is 7.08. The second-order valence-corrected chi connectivity index (χ2v) is 7.08. The molecule has 1 saturated heterocycles. The van der Waals surface area contributed by atoms with Crippen LogP contribution in [0.4, 0.5) is 8.78 Å². The minimum Gasteiger partial charge on any atom is -0.381 e. The third kappa shape index (κ3) is 5.96. The Kier molecular flexibility index (Phi) is 8.25. The van der Waals surface area contributed by atoms with Gasteiger partial charge in [-0.1, -0.05) is 11.8 Å². The maximum atomic E-state index is 13.1. The average Bonchev–Trinajstić information content (AvgIpc) is 2.75. The summed E-state index contributed by atoms with van der Waals surface area (Å²) in [5.74, 6) is 3.90. The molecule has 1 aromatic rings. The van der Waals surface area contributed by atoms with Gasteiger partial charge in [0.25, 0.3) is 18.2 Å². The van der Waals surface area contributed by atoms with Crippen LogP contribution >= 0.6 is 0 Å². The number of morpholine rings is 1. The summed E-state index contributed by atoms with van der Waals surface area (Å²) in [5.41, 5.74) is -0.995. The zero-order valence-corrected chi connectivity index (χ0v) is 16.7. The van der Waals surface area contributed by atoms with Crippen molar-refractivity contribution in [2.45, 2.75) is 38.0 Å². The number of carbonyl (C=O) groups is 2. The lowest BCUT2D eigenvalue weighted by atomic mass is 9.95. The van der Waals surface area contributed by atoms with Crippen LogP contribution in [0.25, 0.3) is 0 Å². The molecule has 0 aromatic heterocycles. The molecule has 10 heteroatoms. The largest absolute Gasteiger partial charge is 0.381 e. The van der Waals surface area contributed by atoms with Crippen molar-refractivity contribution >= 4 is 11.8 Å². The van der Waals surface area contributed by atoms with Gasteiger partial charge in [0.15, 0.2) is 5.60 Å². The first kappa shape index (κ1) is 23.7. The van der Waals surface area contributed by atoms with E-state index in [9.17, 15) is 23.5 Å². The molecule has 4 N–H and O–H groups in total. The number of benzene rings is 1. The molecule has 3 unspecified atom stereocenters. The van der Waals surface area contributed by atoms with Crippen molar-refractivity contribution in [3.63, 3.8) is 0 Å². The maximum Gasteiger partial charge on any atom is 0.269 e. The van der Waals surface area contributed by atoms with Crippen molar-refractivity contribution < 1.29 is 33.4 Å². The van der Waals surface area contributed by atoms with Gasteiger partial charge < -0.3 is 15.2 Å². The average molecular weight is 425 g/mol. The Balaban J connectivity index is 2.07. The topological polar surface area (TPSA) is 111 Å². The molecule has 30 heavy (non-hydrogen) atoms. The number of ether oxygens (including phenoxy) is 1. The normalized spacial score (nSPS) is 18.5. The van der Waals surface area contributed by atoms with Crippen LogP contribution in [-0.4, -0.2) is 77.4 Å². The lowest BCUT2D eigenvalue weighted by molar-refractivity contribution is -0.149. The van der Waals surface area contributed by atoms with E-state index in [2.05, 4.69) is 16.7 Å². The summed E-state index contributed by atoms with van der Waals surface area (Å²) in [6, 6.07) is 3.98. The third-order valence-electron chi connectivity index (χ3n) is 4.84. The highest BCUT2D eigenvalue weighted by molar-refractivity contribution is 5.97. The summed E-state index contributed by atoms with van der Waals surface area (Å²) < 4.78 is 31.4. The van der Waals surface area contributed by atoms with Gasteiger partial charge in [0, 0.05) is 24.2 Å². The van der Waals surface area contributed by atoms with Crippen molar-refractivity contribution in [1.29, 1.82) is 0 Å². The molecule has 1 aliphatic rings. The second kappa shape index (κ2) is 10.4. The molecule has 0 saturated carbocycles. The van der Waals surface area contributed by atoms with E-state index in [1.54, 1.807) is 12.1 Å². The molecule has 1 fully saturated rings. The quantitative estimate of drug-likeness (QED) is 0.298. The number of aliphatic hydroxyl groups is 1. The van der Waals surface area contributed by atoms with E-state index in [0.717, 1.165) is 13.1 Å². The molecule has 3 atom stereocenters. The fourth-order valence-electron chi connectivity index (χ4n) is 2.83. The minimum atomic E-state index is -3.34. The molecular formula is C20H25F2N3O5. The molecule has 0 radical (unpaired) electrons. The van der Waals surface area contributed by atoms with Gasteiger partial charge in [0.2, 0.25) is 0 Å². The van der Waals surface area contributed by atoms with Gasteiger partial charge in [-0.15, -0.1) is 0 Å². The van der Waals surface area contributed by atoms with E-state index in [-0.39, 0.29) is 11.6 Å². The highest BCUT2D eigenvalue weighted by atomic mass is 19.3. The van der Waals surface area contributed by atoms with Gasteiger partial charge in [-0.25, -0.2) is 14.3 Å². The summed E-state index contributed by atoms with van der Waals surface area (Å²) in [7, 11) is 0. The SMILES string of the molecule is CC(C#Cc1ccc(C(=O)NC(C(=O)NO)C(C)(O)C(F)F)cc1)N1CCOCC1. The number of hydrogen-bond acceptors (Lipinski definition) is 6. The molecule has 1 heterocycles. The summed E-state index contributed by atoms with van der Waals surface area (Å²) in [6.07, 6.45) is -3.34. The molecule has 8 nitrogen and oxygen atoms in total. The van der Waals surface area contributed by atoms with Gasteiger partial charge in [-0.05, 0) is 38.1 Å². The molecular weight excluding hydrogens is 400 g/mol. The lowest BCUT2D eigenvalue weighted by Crippen LogP contribution is -2.61. The van der Waals surface area contributed by atoms with Crippen LogP contribution in [0.1, 0.15) is 29.8 Å². The van der Waals surface area contributed by atoms with Gasteiger partial charge in [-0.3, -0.25) is 19.7 Å². The van der Waals surface area contributed by atoms with Crippen molar-refractivity contribution in [3.05, 3.63) is 35.4 Å². The van der Waals surface area contributed by atoms with Gasteiger partial charge in [-0.2, -0.15) is 0 Å². The van der Waals surface area contributed by atoms with Crippen LogP contribution in [0, 0.1) is 11.8 Å². The number of hydrogen-bond donors (Lipinski definition) is 4. The summed E-state index contributed by atoms with van der Waals surface area (Å²) in [4.78, 5) is 26.2. The third-order valence-corrected chi connectivity index (χ3v) is 4.84. The Morgan fingerprint density at radius 2 is 1.83 bits per heavy atom. The van der Waals surface area contributed by atoms with Crippen LogP contribution in [0.15, 0.2) is 24.3 Å². The number of amides is 2. The van der Waals surface area contributed by atoms with E-state index >= 15 is 0 Å². The van der Waals surface area contributed by atoms with E-state index in [0.29, 0.717) is 25.7 Å². The minimum absolute atomic E-state index is 0.0335. The number of nitrogens with zero attached hydrogens (tertiary/aromatic N) is 1. The number of carbonyl (C=O) groups excluding carboxylic acids is 2. The Labute approximate surface area is 173 Å². The van der Waals surface area contributed by atoms with Crippen LogP contribution in [0.5, 0.6) is 0 Å². The Bertz CT molecular complexity index is 799. The van der Waals surface area contributed by atoms with Crippen molar-refractivity contribution in [3.8, 4) is 11.8 Å². The number of halogens is 2. The van der Waals surface area contributed by atoms with Crippen LogP contribution in [0.3, 0.4) is 0 Å². The van der Waals surface area contributed by atoms with Crippen LogP contribution < -0.4 is 10.8 Å². The Morgan fingerprint density at radius 3 is 2.37 bits per heavy atom. The zero-order valence-electron chi connectivity index (χ0n) is 16.7. The molecule has 1 aromatic carbocycles. The number of nitrogens with one attached hydrogen (secondary N) is 2. The Morgan fingerprint density at radius 1 is 1.23 bits per heavy atom.